The van der Waals surface area contributed by atoms with Crippen LogP contribution in [-0.4, -0.2) is 14.9 Å². The molecule has 7 heteroatoms. The second kappa shape index (κ2) is 5.09. The van der Waals surface area contributed by atoms with Gasteiger partial charge in [0, 0.05) is 24.2 Å². The zero-order valence-electron chi connectivity index (χ0n) is 9.29. The number of rotatable bonds is 4. The van der Waals surface area contributed by atoms with E-state index in [-0.39, 0.29) is 17.8 Å². The fourth-order valence-corrected chi connectivity index (χ4v) is 1.49. The first-order chi connectivity index (χ1) is 8.66. The third kappa shape index (κ3) is 2.70. The van der Waals surface area contributed by atoms with Crippen LogP contribution >= 0.6 is 0 Å². The lowest BCUT2D eigenvalue weighted by Crippen LogP contribution is -2.09. The highest BCUT2D eigenvalue weighted by Gasteiger charge is 2.11. The lowest BCUT2D eigenvalue weighted by Gasteiger charge is -2.05. The number of anilines is 1. The molecule has 2 aromatic rings. The molecule has 18 heavy (non-hydrogen) atoms. The van der Waals surface area contributed by atoms with Gasteiger partial charge in [0.1, 0.15) is 5.82 Å². The predicted octanol–water partition coefficient (Wildman–Crippen LogP) is 1.29. The van der Waals surface area contributed by atoms with Gasteiger partial charge in [-0.15, -0.1) is 0 Å². The summed E-state index contributed by atoms with van der Waals surface area (Å²) in [7, 11) is 0. The molecule has 0 amide bonds. The number of hydrogen-bond donors (Lipinski definition) is 2. The van der Waals surface area contributed by atoms with Gasteiger partial charge in [0.05, 0.1) is 11.3 Å². The topological polar surface area (TPSA) is 101 Å². The van der Waals surface area contributed by atoms with E-state index in [4.69, 9.17) is 0 Å². The van der Waals surface area contributed by atoms with E-state index in [1.807, 2.05) is 0 Å². The Morgan fingerprint density at radius 1 is 1.39 bits per heavy atom. The first kappa shape index (κ1) is 11.8. The third-order valence-corrected chi connectivity index (χ3v) is 2.33. The summed E-state index contributed by atoms with van der Waals surface area (Å²) in [5.74, 6) is 0.372. The number of hydrogen-bond acceptors (Lipinski definition) is 5. The summed E-state index contributed by atoms with van der Waals surface area (Å²) >= 11 is 0. The number of nitro benzene ring substituents is 1. The first-order valence-electron chi connectivity index (χ1n) is 5.18. The van der Waals surface area contributed by atoms with Crippen LogP contribution in [0.3, 0.4) is 0 Å². The average Bonchev–Trinajstić information content (AvgIpc) is 2.37. The summed E-state index contributed by atoms with van der Waals surface area (Å²) in [4.78, 5) is 27.7. The van der Waals surface area contributed by atoms with E-state index in [9.17, 15) is 14.9 Å². The minimum Gasteiger partial charge on any atom is -0.366 e. The molecule has 0 aliphatic heterocycles. The van der Waals surface area contributed by atoms with Crippen molar-refractivity contribution in [1.82, 2.24) is 9.97 Å². The second-order valence-electron chi connectivity index (χ2n) is 3.54. The van der Waals surface area contributed by atoms with E-state index >= 15 is 0 Å². The standard InChI is InChI=1S/C11H10N4O3/c16-11-5-10(13-7-14-11)12-6-8-3-1-2-4-9(8)15(17)18/h1-5,7H,6H2,(H2,12,13,14,16). The van der Waals surface area contributed by atoms with Crippen LogP contribution in [0.5, 0.6) is 0 Å². The first-order valence-corrected chi connectivity index (χ1v) is 5.18. The fraction of sp³-hybridized carbons (Fsp3) is 0.0909. The number of nitrogens with one attached hydrogen (secondary N) is 2. The summed E-state index contributed by atoms with van der Waals surface area (Å²) < 4.78 is 0. The van der Waals surface area contributed by atoms with E-state index < -0.39 is 4.92 Å². The van der Waals surface area contributed by atoms with Gasteiger partial charge in [-0.3, -0.25) is 14.9 Å². The van der Waals surface area contributed by atoms with Crippen LogP contribution in [0, 0.1) is 10.1 Å². The molecule has 0 spiro atoms. The number of H-pyrrole nitrogens is 1. The van der Waals surface area contributed by atoms with Gasteiger partial charge in [-0.2, -0.15) is 0 Å². The lowest BCUT2D eigenvalue weighted by molar-refractivity contribution is -0.385. The molecule has 0 unspecified atom stereocenters. The molecule has 7 nitrogen and oxygen atoms in total. The minimum atomic E-state index is -0.442. The van der Waals surface area contributed by atoms with Crippen molar-refractivity contribution in [2.24, 2.45) is 0 Å². The number of nitrogens with zero attached hydrogens (tertiary/aromatic N) is 2. The van der Waals surface area contributed by atoms with Crippen molar-refractivity contribution in [2.45, 2.75) is 6.54 Å². The fourth-order valence-electron chi connectivity index (χ4n) is 1.49. The SMILES string of the molecule is O=c1cc(NCc2ccccc2[N+](=O)[O-])nc[nH]1. The zero-order chi connectivity index (χ0) is 13.0. The molecule has 0 atom stereocenters. The molecule has 0 aliphatic carbocycles. The summed E-state index contributed by atoms with van der Waals surface area (Å²) in [6.07, 6.45) is 1.27. The van der Waals surface area contributed by atoms with Crippen molar-refractivity contribution in [3.05, 3.63) is 62.7 Å². The molecule has 0 fully saturated rings. The smallest absolute Gasteiger partial charge is 0.274 e. The molecule has 2 N–H and O–H groups in total. The van der Waals surface area contributed by atoms with Crippen molar-refractivity contribution < 1.29 is 4.92 Å². The predicted molar refractivity (Wildman–Crippen MR) is 65.3 cm³/mol. The van der Waals surface area contributed by atoms with Crippen molar-refractivity contribution >= 4 is 11.5 Å². The molecule has 0 bridgehead atoms. The molecule has 1 aromatic heterocycles. The van der Waals surface area contributed by atoms with Gasteiger partial charge in [0.15, 0.2) is 0 Å². The number of aromatic amines is 1. The Labute approximate surface area is 102 Å². The summed E-state index contributed by atoms with van der Waals surface area (Å²) in [6.45, 7) is 0.230. The Kier molecular flexibility index (Phi) is 3.33. The summed E-state index contributed by atoms with van der Waals surface area (Å²) in [5.41, 5.74) is 0.287. The van der Waals surface area contributed by atoms with Crippen LogP contribution in [0.4, 0.5) is 11.5 Å². The van der Waals surface area contributed by atoms with Crippen LogP contribution < -0.4 is 10.9 Å². The highest BCUT2D eigenvalue weighted by molar-refractivity contribution is 5.43. The van der Waals surface area contributed by atoms with E-state index in [0.29, 0.717) is 11.4 Å². The van der Waals surface area contributed by atoms with E-state index in [2.05, 4.69) is 15.3 Å². The normalized spacial score (nSPS) is 10.0. The average molecular weight is 246 g/mol. The Balaban J connectivity index is 2.16. The molecular formula is C11H10N4O3. The lowest BCUT2D eigenvalue weighted by atomic mass is 10.2. The quantitative estimate of drug-likeness (QED) is 0.625. The molecule has 0 aliphatic rings. The maximum atomic E-state index is 11.0. The molecule has 92 valence electrons. The third-order valence-electron chi connectivity index (χ3n) is 2.33. The molecule has 2 rings (SSSR count). The van der Waals surface area contributed by atoms with Crippen molar-refractivity contribution in [1.29, 1.82) is 0 Å². The van der Waals surface area contributed by atoms with Crippen LogP contribution in [0.25, 0.3) is 0 Å². The zero-order valence-corrected chi connectivity index (χ0v) is 9.29. The number of benzene rings is 1. The van der Waals surface area contributed by atoms with Crippen LogP contribution in [-0.2, 0) is 6.54 Å². The maximum Gasteiger partial charge on any atom is 0.274 e. The number of nitro groups is 1. The van der Waals surface area contributed by atoms with Gasteiger partial charge in [-0.1, -0.05) is 18.2 Å². The van der Waals surface area contributed by atoms with Crippen LogP contribution in [0.15, 0.2) is 41.5 Å². The highest BCUT2D eigenvalue weighted by atomic mass is 16.6. The maximum absolute atomic E-state index is 11.0. The van der Waals surface area contributed by atoms with Gasteiger partial charge in [-0.25, -0.2) is 4.98 Å². The summed E-state index contributed by atoms with van der Waals surface area (Å²) in [5, 5.41) is 13.7. The van der Waals surface area contributed by atoms with Crippen LogP contribution in [0.2, 0.25) is 0 Å². The molecule has 0 saturated heterocycles. The minimum absolute atomic E-state index is 0.0369. The van der Waals surface area contributed by atoms with Gasteiger partial charge in [-0.05, 0) is 0 Å². The van der Waals surface area contributed by atoms with E-state index in [1.165, 1.54) is 18.5 Å². The van der Waals surface area contributed by atoms with E-state index in [1.54, 1.807) is 18.2 Å². The molecule has 1 heterocycles. The number of aromatic nitrogens is 2. The monoisotopic (exact) mass is 246 g/mol. The van der Waals surface area contributed by atoms with Gasteiger partial charge < -0.3 is 10.3 Å². The molecular weight excluding hydrogens is 236 g/mol. The largest absolute Gasteiger partial charge is 0.366 e. The van der Waals surface area contributed by atoms with E-state index in [0.717, 1.165) is 0 Å². The van der Waals surface area contributed by atoms with Gasteiger partial charge in [0.25, 0.3) is 11.2 Å². The highest BCUT2D eigenvalue weighted by Crippen LogP contribution is 2.18. The molecule has 1 aromatic carbocycles. The van der Waals surface area contributed by atoms with Gasteiger partial charge >= 0.3 is 0 Å². The van der Waals surface area contributed by atoms with Crippen molar-refractivity contribution in [3.63, 3.8) is 0 Å². The number of para-hydroxylation sites is 1. The molecule has 0 radical (unpaired) electrons. The second-order valence-corrected chi connectivity index (χ2v) is 3.54. The van der Waals surface area contributed by atoms with Crippen molar-refractivity contribution in [3.8, 4) is 0 Å². The molecule has 0 saturated carbocycles. The Hall–Kier alpha value is -2.70. The summed E-state index contributed by atoms with van der Waals surface area (Å²) in [6, 6.07) is 7.69. The Bertz CT molecular complexity index is 623. The van der Waals surface area contributed by atoms with Crippen molar-refractivity contribution in [2.75, 3.05) is 5.32 Å². The van der Waals surface area contributed by atoms with Crippen LogP contribution in [0.1, 0.15) is 5.56 Å². The van der Waals surface area contributed by atoms with Gasteiger partial charge in [0.2, 0.25) is 0 Å². The Morgan fingerprint density at radius 3 is 2.89 bits per heavy atom. The Morgan fingerprint density at radius 2 is 2.17 bits per heavy atom.